The van der Waals surface area contributed by atoms with Crippen LogP contribution in [0.25, 0.3) is 4.72 Å². The molecular weight excluding hydrogens is 300 g/mol. The number of rotatable bonds is 4. The number of benzene rings is 1. The average Bonchev–Trinajstić information content (AvgIpc) is 2.93. The third-order valence-electron chi connectivity index (χ3n) is 2.86. The maximum absolute atomic E-state index is 12.4. The molecule has 0 aliphatic rings. The molecular formula is C16H17N2OS2-. The molecule has 1 unspecified atom stereocenters. The molecule has 2 rings (SSSR count). The van der Waals surface area contributed by atoms with Crippen LogP contribution < -0.4 is 0 Å². The van der Waals surface area contributed by atoms with E-state index in [1.54, 1.807) is 5.38 Å². The first-order chi connectivity index (χ1) is 9.91. The van der Waals surface area contributed by atoms with Gasteiger partial charge in [-0.3, -0.25) is 4.21 Å². The Morgan fingerprint density at radius 2 is 1.95 bits per heavy atom. The van der Waals surface area contributed by atoms with Crippen LogP contribution in [0.15, 0.2) is 41.8 Å². The maximum atomic E-state index is 12.4. The van der Waals surface area contributed by atoms with Gasteiger partial charge in [0.25, 0.3) is 0 Å². The fourth-order valence-corrected chi connectivity index (χ4v) is 3.43. The zero-order valence-electron chi connectivity index (χ0n) is 12.2. The van der Waals surface area contributed by atoms with Crippen molar-refractivity contribution in [2.75, 3.05) is 0 Å². The third-order valence-corrected chi connectivity index (χ3v) is 5.29. The summed E-state index contributed by atoms with van der Waals surface area (Å²) in [6.45, 7) is 5.72. The van der Waals surface area contributed by atoms with Gasteiger partial charge in [0.1, 0.15) is 0 Å². The van der Waals surface area contributed by atoms with Crippen LogP contribution in [0, 0.1) is 11.3 Å². The van der Waals surface area contributed by atoms with Crippen LogP contribution >= 0.6 is 11.3 Å². The van der Waals surface area contributed by atoms with Gasteiger partial charge in [-0.25, -0.2) is 0 Å². The van der Waals surface area contributed by atoms with Crippen molar-refractivity contribution in [3.8, 4) is 6.07 Å². The van der Waals surface area contributed by atoms with Crippen LogP contribution in [0.1, 0.15) is 42.8 Å². The molecule has 1 heterocycles. The van der Waals surface area contributed by atoms with E-state index in [4.69, 9.17) is 5.26 Å². The molecule has 1 aromatic heterocycles. The summed E-state index contributed by atoms with van der Waals surface area (Å²) in [5.41, 5.74) is 1.61. The molecule has 0 aliphatic heterocycles. The van der Waals surface area contributed by atoms with E-state index >= 15 is 0 Å². The quantitative estimate of drug-likeness (QED) is 0.831. The molecule has 1 aromatic carbocycles. The summed E-state index contributed by atoms with van der Waals surface area (Å²) < 4.78 is 16.5. The second-order valence-electron chi connectivity index (χ2n) is 5.63. The van der Waals surface area contributed by atoms with E-state index in [0.29, 0.717) is 5.56 Å². The van der Waals surface area contributed by atoms with Gasteiger partial charge in [-0.2, -0.15) is 5.26 Å². The lowest BCUT2D eigenvalue weighted by Gasteiger charge is -2.36. The van der Waals surface area contributed by atoms with Crippen LogP contribution in [0.2, 0.25) is 0 Å². The van der Waals surface area contributed by atoms with Crippen molar-refractivity contribution in [3.05, 3.63) is 62.5 Å². The Hall–Kier alpha value is -1.48. The molecule has 0 N–H and O–H groups in total. The van der Waals surface area contributed by atoms with Gasteiger partial charge >= 0.3 is 0 Å². The van der Waals surface area contributed by atoms with Crippen molar-refractivity contribution in [1.29, 1.82) is 5.26 Å². The van der Waals surface area contributed by atoms with Gasteiger partial charge in [0.2, 0.25) is 0 Å². The highest BCUT2D eigenvalue weighted by Gasteiger charge is 2.16. The Morgan fingerprint density at radius 3 is 2.48 bits per heavy atom. The molecule has 110 valence electrons. The highest BCUT2D eigenvalue weighted by molar-refractivity contribution is 7.89. The number of hydrogen-bond donors (Lipinski definition) is 0. The molecule has 21 heavy (non-hydrogen) atoms. The van der Waals surface area contributed by atoms with E-state index in [1.807, 2.05) is 57.2 Å². The van der Waals surface area contributed by atoms with Crippen LogP contribution in [0.4, 0.5) is 0 Å². The van der Waals surface area contributed by atoms with Crippen molar-refractivity contribution in [2.45, 2.75) is 31.6 Å². The highest BCUT2D eigenvalue weighted by atomic mass is 32.2. The average molecular weight is 317 g/mol. The lowest BCUT2D eigenvalue weighted by atomic mass is 10.1. The molecule has 2 atom stereocenters. The Balaban J connectivity index is 2.36. The van der Waals surface area contributed by atoms with Crippen LogP contribution in [-0.4, -0.2) is 8.96 Å². The van der Waals surface area contributed by atoms with Gasteiger partial charge in [0.05, 0.1) is 11.6 Å². The molecule has 0 radical (unpaired) electrons. The van der Waals surface area contributed by atoms with Gasteiger partial charge in [-0.1, -0.05) is 73.7 Å². The van der Waals surface area contributed by atoms with E-state index in [0.717, 1.165) is 10.4 Å². The van der Waals surface area contributed by atoms with Gasteiger partial charge in [-0.05, 0) is 10.9 Å². The molecule has 0 spiro atoms. The van der Waals surface area contributed by atoms with Gasteiger partial charge in [0, 0.05) is 10.1 Å². The number of nitrogens with zero attached hydrogens (tertiary/aromatic N) is 2. The molecule has 0 aliphatic carbocycles. The maximum Gasteiger partial charge on any atom is 0.1000 e. The zero-order chi connectivity index (χ0) is 15.5. The highest BCUT2D eigenvalue weighted by Crippen LogP contribution is 2.37. The summed E-state index contributed by atoms with van der Waals surface area (Å²) in [7, 11) is -1.31. The molecule has 0 saturated carbocycles. The number of nitriles is 1. The van der Waals surface area contributed by atoms with Crippen LogP contribution in [0.5, 0.6) is 0 Å². The normalized spacial score (nSPS) is 14.4. The van der Waals surface area contributed by atoms with Gasteiger partial charge < -0.3 is 4.72 Å². The Bertz CT molecular complexity index is 666. The Kier molecular flexibility index (Phi) is 4.94. The minimum atomic E-state index is -1.31. The molecule has 0 amide bonds. The van der Waals surface area contributed by atoms with Crippen molar-refractivity contribution < 1.29 is 4.21 Å². The van der Waals surface area contributed by atoms with Gasteiger partial charge in [0.15, 0.2) is 0 Å². The van der Waals surface area contributed by atoms with Crippen molar-refractivity contribution >= 4 is 22.3 Å². The first-order valence-corrected chi connectivity index (χ1v) is 8.57. The van der Waals surface area contributed by atoms with E-state index in [2.05, 4.69) is 10.8 Å². The number of hydrogen-bond acceptors (Lipinski definition) is 3. The van der Waals surface area contributed by atoms with E-state index in [-0.39, 0.29) is 6.04 Å². The summed E-state index contributed by atoms with van der Waals surface area (Å²) in [5, 5.41) is 10.8. The summed E-state index contributed by atoms with van der Waals surface area (Å²) >= 11 is 1.48. The lowest BCUT2D eigenvalue weighted by molar-refractivity contribution is 0.652. The minimum absolute atomic E-state index is 0.293. The topological polar surface area (TPSA) is 55.0 Å². The second-order valence-corrected chi connectivity index (χ2v) is 8.51. The Morgan fingerprint density at radius 1 is 1.29 bits per heavy atom. The summed E-state index contributed by atoms with van der Waals surface area (Å²) in [6.07, 6.45) is 0. The summed E-state index contributed by atoms with van der Waals surface area (Å²) in [6, 6.07) is 13.4. The van der Waals surface area contributed by atoms with Crippen molar-refractivity contribution in [3.63, 3.8) is 0 Å². The molecule has 2 aromatic rings. The summed E-state index contributed by atoms with van der Waals surface area (Å²) in [5.74, 6) is 0. The predicted molar refractivity (Wildman–Crippen MR) is 88.6 cm³/mol. The van der Waals surface area contributed by atoms with E-state index in [9.17, 15) is 4.21 Å². The smallest absolute Gasteiger partial charge is 0.1000 e. The minimum Gasteiger partial charge on any atom is -0.565 e. The van der Waals surface area contributed by atoms with Gasteiger partial charge in [-0.15, -0.1) is 11.3 Å². The molecule has 5 heteroatoms. The van der Waals surface area contributed by atoms with Crippen molar-refractivity contribution in [1.82, 2.24) is 0 Å². The van der Waals surface area contributed by atoms with E-state index < -0.39 is 15.7 Å². The van der Waals surface area contributed by atoms with Crippen LogP contribution in [0.3, 0.4) is 0 Å². The monoisotopic (exact) mass is 317 g/mol. The molecule has 0 saturated heterocycles. The van der Waals surface area contributed by atoms with Crippen LogP contribution in [-0.2, 0) is 11.0 Å². The molecule has 3 nitrogen and oxygen atoms in total. The largest absolute Gasteiger partial charge is 0.565 e. The lowest BCUT2D eigenvalue weighted by Crippen LogP contribution is -2.22. The molecule has 0 bridgehead atoms. The standard InChI is InChI=1S/C16H17N2OS2/c1-16(2,3)21(19)18-15(13-7-5-4-6-8-13)14-9-12(10-17)11-20-14/h4-9,11,15H,1-3H3/q-1/t15-,21?/m0/s1. The fourth-order valence-electron chi connectivity index (χ4n) is 1.72. The van der Waals surface area contributed by atoms with E-state index in [1.165, 1.54) is 11.3 Å². The third kappa shape index (κ3) is 4.01. The zero-order valence-corrected chi connectivity index (χ0v) is 13.9. The summed E-state index contributed by atoms with van der Waals surface area (Å²) in [4.78, 5) is 0.940. The molecule has 0 fully saturated rings. The number of thiophene rings is 1. The SMILES string of the molecule is CC(C)(C)S(=O)[N-][C@@H](c1ccccc1)c1cc(C#N)cs1. The first kappa shape index (κ1) is 15.9. The first-order valence-electron chi connectivity index (χ1n) is 6.58. The fraction of sp³-hybridized carbons (Fsp3) is 0.312. The second kappa shape index (κ2) is 6.52. The Labute approximate surface area is 132 Å². The van der Waals surface area contributed by atoms with Crippen molar-refractivity contribution in [2.24, 2.45) is 0 Å². The predicted octanol–water partition coefficient (Wildman–Crippen LogP) is 4.55.